The molecule has 0 N–H and O–H groups in total. The molecule has 2 aliphatic rings. The van der Waals surface area contributed by atoms with Crippen molar-refractivity contribution in [2.75, 3.05) is 33.2 Å². The average Bonchev–Trinajstić information content (AvgIpc) is 3.52. The minimum Gasteiger partial charge on any atom is -0.336 e. The number of aryl methyl sites for hydroxylation is 1. The van der Waals surface area contributed by atoms with Crippen LogP contribution < -0.4 is 0 Å². The number of hydrogen-bond donors (Lipinski definition) is 0. The molecular weight excluding hydrogens is 348 g/mol. The third-order valence-electron chi connectivity index (χ3n) is 5.96. The van der Waals surface area contributed by atoms with Crippen molar-refractivity contribution in [3.8, 4) is 11.1 Å². The van der Waals surface area contributed by atoms with E-state index in [-0.39, 0.29) is 11.7 Å². The first kappa shape index (κ1) is 18.9. The molecule has 0 aromatic heterocycles. The van der Waals surface area contributed by atoms with Crippen molar-refractivity contribution in [1.29, 1.82) is 0 Å². The first-order valence-corrected chi connectivity index (χ1v) is 10.2. The maximum absolute atomic E-state index is 12.7. The zero-order valence-corrected chi connectivity index (χ0v) is 16.8. The molecule has 0 spiro atoms. The topological polar surface area (TPSA) is 40.6 Å². The lowest BCUT2D eigenvalue weighted by Gasteiger charge is -2.32. The summed E-state index contributed by atoms with van der Waals surface area (Å²) < 4.78 is 0. The molecule has 2 aromatic rings. The van der Waals surface area contributed by atoms with Crippen LogP contribution in [0.5, 0.6) is 0 Å². The van der Waals surface area contributed by atoms with Gasteiger partial charge in [0.05, 0.1) is 0 Å². The van der Waals surface area contributed by atoms with E-state index in [1.165, 1.54) is 12.8 Å². The third-order valence-corrected chi connectivity index (χ3v) is 5.96. The summed E-state index contributed by atoms with van der Waals surface area (Å²) >= 11 is 0. The number of benzene rings is 2. The molecule has 0 radical (unpaired) electrons. The van der Waals surface area contributed by atoms with Gasteiger partial charge >= 0.3 is 0 Å². The number of Topliss-reactive ketones (excluding diaryl/α,β-unsaturated/α-hetero) is 1. The van der Waals surface area contributed by atoms with Gasteiger partial charge in [-0.3, -0.25) is 9.59 Å². The maximum atomic E-state index is 12.7. The van der Waals surface area contributed by atoms with Gasteiger partial charge in [-0.05, 0) is 67.6 Å². The number of likely N-dealkylation sites (N-methyl/N-ethyl adjacent to an activating group) is 1. The molecule has 4 rings (SSSR count). The average molecular weight is 377 g/mol. The van der Waals surface area contributed by atoms with E-state index in [1.807, 2.05) is 47.4 Å². The lowest BCUT2D eigenvalue weighted by atomic mass is 9.95. The molecule has 1 aliphatic heterocycles. The molecule has 4 nitrogen and oxygen atoms in total. The van der Waals surface area contributed by atoms with Crippen LogP contribution in [0.4, 0.5) is 0 Å². The number of piperazine rings is 1. The zero-order chi connectivity index (χ0) is 19.7. The number of rotatable bonds is 5. The molecule has 1 aliphatic carbocycles. The third kappa shape index (κ3) is 4.17. The lowest BCUT2D eigenvalue weighted by Crippen LogP contribution is -2.47. The van der Waals surface area contributed by atoms with E-state index in [2.05, 4.69) is 18.9 Å². The van der Waals surface area contributed by atoms with Crippen molar-refractivity contribution < 1.29 is 9.59 Å². The predicted octanol–water partition coefficient (Wildman–Crippen LogP) is 4.03. The highest BCUT2D eigenvalue weighted by Gasteiger charge is 2.25. The smallest absolute Gasteiger partial charge is 0.253 e. The van der Waals surface area contributed by atoms with Crippen LogP contribution in [0.3, 0.4) is 0 Å². The highest BCUT2D eigenvalue weighted by atomic mass is 16.2. The second-order valence-corrected chi connectivity index (χ2v) is 8.27. The van der Waals surface area contributed by atoms with Crippen LogP contribution in [0, 0.1) is 12.8 Å². The van der Waals surface area contributed by atoms with Crippen LogP contribution in [-0.2, 0) is 0 Å². The number of carbonyl (C=O) groups is 2. The first-order chi connectivity index (χ1) is 13.5. The largest absolute Gasteiger partial charge is 0.336 e. The van der Waals surface area contributed by atoms with Gasteiger partial charge in [-0.2, -0.15) is 0 Å². The standard InChI is InChI=1S/C24H28N2O2/c1-17-3-6-21(23(27)15-18-4-5-18)16-22(17)19-7-9-20(10-8-19)24(28)26-13-11-25(2)12-14-26/h3,6-10,16,18H,4-5,11-15H2,1-2H3. The molecule has 146 valence electrons. The molecule has 28 heavy (non-hydrogen) atoms. The van der Waals surface area contributed by atoms with Crippen LogP contribution in [0.15, 0.2) is 42.5 Å². The van der Waals surface area contributed by atoms with E-state index in [0.717, 1.165) is 54.0 Å². The minimum atomic E-state index is 0.102. The Morgan fingerprint density at radius 3 is 2.21 bits per heavy atom. The van der Waals surface area contributed by atoms with Crippen molar-refractivity contribution in [1.82, 2.24) is 9.80 Å². The number of carbonyl (C=O) groups excluding carboxylic acids is 2. The van der Waals surface area contributed by atoms with Gasteiger partial charge in [-0.15, -0.1) is 0 Å². The van der Waals surface area contributed by atoms with Gasteiger partial charge in [0.2, 0.25) is 0 Å². The Balaban J connectivity index is 1.51. The second-order valence-electron chi connectivity index (χ2n) is 8.27. The van der Waals surface area contributed by atoms with Crippen LogP contribution in [0.2, 0.25) is 0 Å². The Morgan fingerprint density at radius 2 is 1.57 bits per heavy atom. The van der Waals surface area contributed by atoms with Gasteiger partial charge in [0, 0.05) is 43.7 Å². The highest BCUT2D eigenvalue weighted by molar-refractivity contribution is 5.98. The summed E-state index contributed by atoms with van der Waals surface area (Å²) in [6.45, 7) is 5.46. The Kier molecular flexibility index (Phi) is 5.31. The lowest BCUT2D eigenvalue weighted by molar-refractivity contribution is 0.0664. The molecule has 1 saturated heterocycles. The van der Waals surface area contributed by atoms with E-state index in [4.69, 9.17) is 0 Å². The molecule has 0 unspecified atom stereocenters. The molecular formula is C24H28N2O2. The van der Waals surface area contributed by atoms with E-state index in [0.29, 0.717) is 12.3 Å². The molecule has 1 heterocycles. The minimum absolute atomic E-state index is 0.102. The summed E-state index contributed by atoms with van der Waals surface area (Å²) in [6.07, 6.45) is 3.04. The number of hydrogen-bond acceptors (Lipinski definition) is 3. The van der Waals surface area contributed by atoms with Gasteiger partial charge in [-0.1, -0.05) is 24.3 Å². The van der Waals surface area contributed by atoms with Gasteiger partial charge < -0.3 is 9.80 Å². The quantitative estimate of drug-likeness (QED) is 0.740. The molecule has 2 aromatic carbocycles. The summed E-state index contributed by atoms with van der Waals surface area (Å²) in [6, 6.07) is 13.8. The Hall–Kier alpha value is -2.46. The summed E-state index contributed by atoms with van der Waals surface area (Å²) in [5.74, 6) is 0.937. The van der Waals surface area contributed by atoms with Crippen molar-refractivity contribution in [3.63, 3.8) is 0 Å². The Labute approximate surface area is 167 Å². The fraction of sp³-hybridized carbons (Fsp3) is 0.417. The molecule has 0 atom stereocenters. The van der Waals surface area contributed by atoms with Crippen LogP contribution >= 0.6 is 0 Å². The molecule has 1 amide bonds. The SMILES string of the molecule is Cc1ccc(C(=O)CC2CC2)cc1-c1ccc(C(=O)N2CCN(C)CC2)cc1. The molecule has 1 saturated carbocycles. The monoisotopic (exact) mass is 376 g/mol. The number of amides is 1. The van der Waals surface area contributed by atoms with E-state index in [9.17, 15) is 9.59 Å². The summed E-state index contributed by atoms with van der Waals surface area (Å²) in [5.41, 5.74) is 4.78. The van der Waals surface area contributed by atoms with E-state index in [1.54, 1.807) is 0 Å². The highest BCUT2D eigenvalue weighted by Crippen LogP contribution is 2.34. The summed E-state index contributed by atoms with van der Waals surface area (Å²) in [7, 11) is 2.09. The Bertz CT molecular complexity index is 876. The van der Waals surface area contributed by atoms with Gasteiger partial charge in [-0.25, -0.2) is 0 Å². The Morgan fingerprint density at radius 1 is 0.929 bits per heavy atom. The van der Waals surface area contributed by atoms with Gasteiger partial charge in [0.15, 0.2) is 5.78 Å². The number of nitrogens with zero attached hydrogens (tertiary/aromatic N) is 2. The van der Waals surface area contributed by atoms with Crippen molar-refractivity contribution in [3.05, 3.63) is 59.2 Å². The fourth-order valence-corrected chi connectivity index (χ4v) is 3.79. The maximum Gasteiger partial charge on any atom is 0.253 e. The van der Waals surface area contributed by atoms with Crippen LogP contribution in [-0.4, -0.2) is 54.7 Å². The molecule has 4 heteroatoms. The van der Waals surface area contributed by atoms with Crippen LogP contribution in [0.25, 0.3) is 11.1 Å². The van der Waals surface area contributed by atoms with E-state index < -0.39 is 0 Å². The molecule has 2 fully saturated rings. The van der Waals surface area contributed by atoms with Gasteiger partial charge in [0.1, 0.15) is 0 Å². The normalized spacial score (nSPS) is 17.6. The second kappa shape index (κ2) is 7.88. The van der Waals surface area contributed by atoms with Crippen LogP contribution in [0.1, 0.15) is 45.5 Å². The van der Waals surface area contributed by atoms with E-state index >= 15 is 0 Å². The first-order valence-electron chi connectivity index (χ1n) is 10.2. The predicted molar refractivity (Wildman–Crippen MR) is 112 cm³/mol. The summed E-state index contributed by atoms with van der Waals surface area (Å²) in [4.78, 5) is 29.4. The van der Waals surface area contributed by atoms with Crippen molar-refractivity contribution in [2.45, 2.75) is 26.2 Å². The van der Waals surface area contributed by atoms with Crippen molar-refractivity contribution in [2.24, 2.45) is 5.92 Å². The van der Waals surface area contributed by atoms with Crippen molar-refractivity contribution >= 4 is 11.7 Å². The fourth-order valence-electron chi connectivity index (χ4n) is 3.79. The molecule has 0 bridgehead atoms. The van der Waals surface area contributed by atoms with Gasteiger partial charge in [0.25, 0.3) is 5.91 Å². The number of ketones is 1. The summed E-state index contributed by atoms with van der Waals surface area (Å²) in [5, 5.41) is 0. The zero-order valence-electron chi connectivity index (χ0n) is 16.8.